The highest BCUT2D eigenvalue weighted by atomic mass is 31.2. The summed E-state index contributed by atoms with van der Waals surface area (Å²) >= 11 is 0. The Kier molecular flexibility index (Phi) is 6.79. The lowest BCUT2D eigenvalue weighted by atomic mass is 10.0. The van der Waals surface area contributed by atoms with Gasteiger partial charge in [0.25, 0.3) is 5.69 Å². The number of hydrogen-bond donors (Lipinski definition) is 1. The van der Waals surface area contributed by atoms with Gasteiger partial charge in [0.1, 0.15) is 5.75 Å². The molecule has 0 bridgehead atoms. The number of fused-ring (bicyclic) bond motifs is 1. The van der Waals surface area contributed by atoms with Crippen LogP contribution in [0.5, 0.6) is 5.75 Å². The predicted molar refractivity (Wildman–Crippen MR) is 111 cm³/mol. The molecule has 1 atom stereocenters. The third-order valence-electron chi connectivity index (χ3n) is 3.50. The fraction of sp³-hybridized carbons (Fsp3) is 0.579. The van der Waals surface area contributed by atoms with E-state index in [1.165, 1.54) is 12.1 Å². The first-order valence-electron chi connectivity index (χ1n) is 9.24. The van der Waals surface area contributed by atoms with Crippen molar-refractivity contribution in [2.75, 3.05) is 12.1 Å². The Morgan fingerprint density at radius 2 is 1.72 bits per heavy atom. The molecule has 1 aromatic carbocycles. The number of ether oxygens (including phenoxy) is 1. The minimum Gasteiger partial charge on any atom is -0.465 e. The summed E-state index contributed by atoms with van der Waals surface area (Å²) in [7, 11) is -3.93. The molecule has 1 aliphatic rings. The van der Waals surface area contributed by atoms with Crippen LogP contribution in [0, 0.1) is 10.1 Å². The lowest BCUT2D eigenvalue weighted by Gasteiger charge is -2.30. The van der Waals surface area contributed by atoms with Gasteiger partial charge >= 0.3 is 7.82 Å². The minimum atomic E-state index is -3.93. The number of rotatable bonds is 7. The van der Waals surface area contributed by atoms with Crippen molar-refractivity contribution in [3.05, 3.63) is 33.9 Å². The van der Waals surface area contributed by atoms with Crippen molar-refractivity contribution in [1.29, 1.82) is 0 Å². The normalized spacial score (nSPS) is 16.9. The van der Waals surface area contributed by atoms with Gasteiger partial charge in [0, 0.05) is 12.1 Å². The van der Waals surface area contributed by atoms with Crippen LogP contribution in [0.2, 0.25) is 0 Å². The SMILES string of the molecule is CC1C=Cc2c([N+](=O)[O-])ccc(OCOP(=O)(OC(C)(C)C)OC(C)(C)C)c2N1. The molecule has 0 aromatic heterocycles. The maximum atomic E-state index is 13.1. The fourth-order valence-corrected chi connectivity index (χ4v) is 4.26. The van der Waals surface area contributed by atoms with Crippen molar-refractivity contribution >= 4 is 25.3 Å². The molecule has 0 saturated carbocycles. The Balaban J connectivity index is 2.21. The summed E-state index contributed by atoms with van der Waals surface area (Å²) in [5.74, 6) is 0.333. The van der Waals surface area contributed by atoms with E-state index in [2.05, 4.69) is 5.32 Å². The van der Waals surface area contributed by atoms with Crippen LogP contribution in [0.4, 0.5) is 11.4 Å². The summed E-state index contributed by atoms with van der Waals surface area (Å²) in [6.07, 6.45) is 3.50. The second-order valence-corrected chi connectivity index (χ2v) is 10.2. The first kappa shape index (κ1) is 23.3. The molecule has 0 aliphatic carbocycles. The van der Waals surface area contributed by atoms with Crippen molar-refractivity contribution in [3.63, 3.8) is 0 Å². The van der Waals surface area contributed by atoms with Crippen molar-refractivity contribution in [2.24, 2.45) is 0 Å². The lowest BCUT2D eigenvalue weighted by molar-refractivity contribution is -0.385. The van der Waals surface area contributed by atoms with E-state index in [1.54, 1.807) is 47.6 Å². The van der Waals surface area contributed by atoms with Crippen LogP contribution in [-0.2, 0) is 18.1 Å². The average molecular weight is 428 g/mol. The molecule has 9 nitrogen and oxygen atoms in total. The first-order valence-corrected chi connectivity index (χ1v) is 10.7. The molecular formula is C19H29N2O7P. The molecule has 1 aliphatic heterocycles. The van der Waals surface area contributed by atoms with Gasteiger partial charge in [0.2, 0.25) is 0 Å². The zero-order chi connectivity index (χ0) is 22.0. The molecular weight excluding hydrogens is 399 g/mol. The van der Waals surface area contributed by atoms with Gasteiger partial charge in [-0.1, -0.05) is 6.08 Å². The Labute approximate surface area is 171 Å². The highest BCUT2D eigenvalue weighted by Crippen LogP contribution is 2.55. The lowest BCUT2D eigenvalue weighted by Crippen LogP contribution is -2.25. The molecule has 29 heavy (non-hydrogen) atoms. The first-order chi connectivity index (χ1) is 13.2. The van der Waals surface area contributed by atoms with Crippen LogP contribution >= 0.6 is 7.82 Å². The molecule has 1 aromatic rings. The molecule has 0 saturated heterocycles. The van der Waals surface area contributed by atoms with E-state index in [0.29, 0.717) is 17.0 Å². The maximum absolute atomic E-state index is 13.1. The largest absolute Gasteiger partial charge is 0.478 e. The zero-order valence-electron chi connectivity index (χ0n) is 17.8. The predicted octanol–water partition coefficient (Wildman–Crippen LogP) is 5.51. The summed E-state index contributed by atoms with van der Waals surface area (Å²) in [5.41, 5.74) is -0.696. The van der Waals surface area contributed by atoms with Gasteiger partial charge in [-0.15, -0.1) is 0 Å². The van der Waals surface area contributed by atoms with Crippen molar-refractivity contribution in [3.8, 4) is 5.75 Å². The smallest absolute Gasteiger partial charge is 0.465 e. The topological polar surface area (TPSA) is 109 Å². The van der Waals surface area contributed by atoms with Crippen LogP contribution in [-0.4, -0.2) is 29.0 Å². The number of benzene rings is 1. The molecule has 1 N–H and O–H groups in total. The Hall–Kier alpha value is -1.93. The number of anilines is 1. The second kappa shape index (κ2) is 8.44. The van der Waals surface area contributed by atoms with Gasteiger partial charge in [-0.2, -0.15) is 0 Å². The van der Waals surface area contributed by atoms with Crippen LogP contribution in [0.3, 0.4) is 0 Å². The van der Waals surface area contributed by atoms with Crippen molar-refractivity contribution in [1.82, 2.24) is 0 Å². The van der Waals surface area contributed by atoms with Crippen LogP contribution in [0.25, 0.3) is 6.08 Å². The van der Waals surface area contributed by atoms with E-state index in [-0.39, 0.29) is 11.7 Å². The minimum absolute atomic E-state index is 0.0349. The van der Waals surface area contributed by atoms with Gasteiger partial charge in [-0.3, -0.25) is 19.2 Å². The Bertz CT molecular complexity index is 820. The van der Waals surface area contributed by atoms with Gasteiger partial charge in [-0.25, -0.2) is 9.09 Å². The van der Waals surface area contributed by atoms with Gasteiger partial charge in [0.15, 0.2) is 6.79 Å². The average Bonchev–Trinajstić information content (AvgIpc) is 2.50. The van der Waals surface area contributed by atoms with Crippen LogP contribution < -0.4 is 10.1 Å². The van der Waals surface area contributed by atoms with Crippen LogP contribution in [0.15, 0.2) is 18.2 Å². The summed E-state index contributed by atoms with van der Waals surface area (Å²) in [4.78, 5) is 10.8. The maximum Gasteiger partial charge on any atom is 0.478 e. The molecule has 0 spiro atoms. The van der Waals surface area contributed by atoms with Crippen molar-refractivity contribution in [2.45, 2.75) is 65.7 Å². The number of nitro groups is 1. The number of nitrogens with one attached hydrogen (secondary N) is 1. The molecule has 1 unspecified atom stereocenters. The molecule has 162 valence electrons. The second-order valence-electron chi connectivity index (χ2n) is 8.67. The monoisotopic (exact) mass is 428 g/mol. The number of phosphoric acid groups is 1. The summed E-state index contributed by atoms with van der Waals surface area (Å²) in [6.45, 7) is 11.9. The number of nitro benzene ring substituents is 1. The quantitative estimate of drug-likeness (QED) is 0.262. The Morgan fingerprint density at radius 3 is 2.24 bits per heavy atom. The van der Waals surface area contributed by atoms with E-state index >= 15 is 0 Å². The van der Waals surface area contributed by atoms with E-state index < -0.39 is 30.7 Å². The van der Waals surface area contributed by atoms with E-state index in [9.17, 15) is 14.7 Å². The Morgan fingerprint density at radius 1 is 1.14 bits per heavy atom. The standard InChI is InChI=1S/C19H29N2O7P/c1-13-8-9-14-15(21(22)23)10-11-16(17(14)20-13)25-12-26-29(24,27-18(2,3)4)28-19(5,6)7/h8-11,13,20H,12H2,1-7H3. The molecule has 10 heteroatoms. The summed E-state index contributed by atoms with van der Waals surface area (Å²) < 4.78 is 35.2. The molecule has 1 heterocycles. The summed E-state index contributed by atoms with van der Waals surface area (Å²) in [6, 6.07) is 2.79. The highest BCUT2D eigenvalue weighted by molar-refractivity contribution is 7.48. The highest BCUT2D eigenvalue weighted by Gasteiger charge is 2.37. The van der Waals surface area contributed by atoms with Gasteiger partial charge in [-0.05, 0) is 60.6 Å². The van der Waals surface area contributed by atoms with Gasteiger partial charge in [0.05, 0.1) is 27.4 Å². The summed E-state index contributed by atoms with van der Waals surface area (Å²) in [5, 5.41) is 14.4. The number of hydrogen-bond acceptors (Lipinski definition) is 8. The molecule has 0 radical (unpaired) electrons. The third kappa shape index (κ3) is 6.82. The van der Waals surface area contributed by atoms with Crippen LogP contribution in [0.1, 0.15) is 54.0 Å². The third-order valence-corrected chi connectivity index (χ3v) is 5.47. The molecule has 0 fully saturated rings. The van der Waals surface area contributed by atoms with E-state index in [1.807, 2.05) is 13.0 Å². The van der Waals surface area contributed by atoms with Gasteiger partial charge < -0.3 is 10.1 Å². The van der Waals surface area contributed by atoms with E-state index in [0.717, 1.165) is 0 Å². The molecule has 2 rings (SSSR count). The number of nitrogens with zero attached hydrogens (tertiary/aromatic N) is 1. The zero-order valence-corrected chi connectivity index (χ0v) is 18.7. The number of phosphoric ester groups is 1. The molecule has 0 amide bonds. The van der Waals surface area contributed by atoms with Crippen molar-refractivity contribution < 1.29 is 27.8 Å². The fourth-order valence-electron chi connectivity index (χ4n) is 2.60. The van der Waals surface area contributed by atoms with E-state index in [4.69, 9.17) is 18.3 Å².